The van der Waals surface area contributed by atoms with Gasteiger partial charge in [-0.15, -0.1) is 11.8 Å². The number of hydrogen-bond acceptors (Lipinski definition) is 4. The van der Waals surface area contributed by atoms with Crippen molar-refractivity contribution in [1.29, 1.82) is 0 Å². The normalized spacial score (nSPS) is 11.7. The number of amides is 2. The van der Waals surface area contributed by atoms with E-state index in [9.17, 15) is 14.4 Å². The molecule has 0 spiro atoms. The van der Waals surface area contributed by atoms with Gasteiger partial charge >= 0.3 is 5.97 Å². The lowest BCUT2D eigenvalue weighted by molar-refractivity contribution is -0.131. The number of carboxylic acid groups (broad SMARTS) is 1. The van der Waals surface area contributed by atoms with Crippen molar-refractivity contribution >= 4 is 63.5 Å². The molecular weight excluding hydrogens is 539 g/mol. The van der Waals surface area contributed by atoms with Gasteiger partial charge in [-0.1, -0.05) is 36.4 Å². The van der Waals surface area contributed by atoms with Crippen LogP contribution in [0.15, 0.2) is 95.9 Å². The Morgan fingerprint density at radius 2 is 1.56 bits per heavy atom. The highest BCUT2D eigenvalue weighted by Gasteiger charge is 2.22. The lowest BCUT2D eigenvalue weighted by atomic mass is 10.1. The number of carbonyl (C=O) groups is 3. The van der Waals surface area contributed by atoms with Crippen LogP contribution in [0, 0.1) is 3.57 Å². The zero-order valence-corrected chi connectivity index (χ0v) is 19.7. The number of nitrogens with one attached hydrogen (secondary N) is 2. The third kappa shape index (κ3) is 7.24. The number of rotatable bonds is 8. The van der Waals surface area contributed by atoms with Crippen LogP contribution in [0.1, 0.15) is 10.8 Å². The highest BCUT2D eigenvalue weighted by Crippen LogP contribution is 2.37. The summed E-state index contributed by atoms with van der Waals surface area (Å²) in [5.74, 6) is -1.92. The molecule has 3 N–H and O–H groups in total. The monoisotopic (exact) mass is 558 g/mol. The summed E-state index contributed by atoms with van der Waals surface area (Å²) in [7, 11) is 0. The van der Waals surface area contributed by atoms with Crippen molar-refractivity contribution in [1.82, 2.24) is 0 Å². The van der Waals surface area contributed by atoms with Crippen molar-refractivity contribution in [2.45, 2.75) is 10.1 Å². The first-order valence-corrected chi connectivity index (χ1v) is 11.5. The molecule has 162 valence electrons. The summed E-state index contributed by atoms with van der Waals surface area (Å²) in [5, 5.41) is 13.7. The van der Waals surface area contributed by atoms with Crippen molar-refractivity contribution in [3.63, 3.8) is 0 Å². The van der Waals surface area contributed by atoms with Crippen LogP contribution in [0.4, 0.5) is 11.4 Å². The molecule has 3 rings (SSSR count). The molecule has 3 aromatic carbocycles. The molecule has 1 atom stereocenters. The van der Waals surface area contributed by atoms with E-state index in [4.69, 9.17) is 5.11 Å². The molecule has 0 radical (unpaired) electrons. The van der Waals surface area contributed by atoms with Crippen LogP contribution < -0.4 is 10.6 Å². The smallest absolute Gasteiger partial charge is 0.328 e. The minimum Gasteiger partial charge on any atom is -0.478 e. The summed E-state index contributed by atoms with van der Waals surface area (Å²) in [5.41, 5.74) is 2.06. The molecule has 2 amide bonds. The summed E-state index contributed by atoms with van der Waals surface area (Å²) in [6, 6.07) is 24.0. The standard InChI is InChI=1S/C24H19IN2O4S/c25-17-9-11-18(12-10-17)27-24(31)23(16-5-2-1-3-6-16)32-20-8-4-7-19(15-20)26-21(28)13-14-22(29)30/h1-15,23H,(H,26,28)(H,27,31)(H,29,30)/b14-13+. The van der Waals surface area contributed by atoms with Crippen LogP contribution in [0.2, 0.25) is 0 Å². The van der Waals surface area contributed by atoms with Gasteiger partial charge in [0.25, 0.3) is 0 Å². The number of hydrogen-bond donors (Lipinski definition) is 3. The van der Waals surface area contributed by atoms with Gasteiger partial charge in [-0.25, -0.2) is 4.79 Å². The van der Waals surface area contributed by atoms with Gasteiger partial charge in [0, 0.05) is 32.0 Å². The number of anilines is 2. The molecule has 6 nitrogen and oxygen atoms in total. The second kappa shape index (κ2) is 11.5. The van der Waals surface area contributed by atoms with Crippen molar-refractivity contribution in [2.75, 3.05) is 10.6 Å². The van der Waals surface area contributed by atoms with Crippen molar-refractivity contribution in [2.24, 2.45) is 0 Å². The van der Waals surface area contributed by atoms with Gasteiger partial charge in [-0.2, -0.15) is 0 Å². The average molecular weight is 558 g/mol. The molecule has 8 heteroatoms. The van der Waals surface area contributed by atoms with E-state index in [1.165, 1.54) is 11.8 Å². The molecule has 32 heavy (non-hydrogen) atoms. The fourth-order valence-corrected chi connectivity index (χ4v) is 4.20. The van der Waals surface area contributed by atoms with Crippen LogP contribution in [-0.2, 0) is 14.4 Å². The fraction of sp³-hybridized carbons (Fsp3) is 0.0417. The van der Waals surface area contributed by atoms with Gasteiger partial charge < -0.3 is 15.7 Å². The zero-order chi connectivity index (χ0) is 22.9. The highest BCUT2D eigenvalue weighted by molar-refractivity contribution is 14.1. The average Bonchev–Trinajstić information content (AvgIpc) is 2.78. The van der Waals surface area contributed by atoms with Crippen molar-refractivity contribution in [3.8, 4) is 0 Å². The van der Waals surface area contributed by atoms with Crippen molar-refractivity contribution in [3.05, 3.63) is 100 Å². The molecule has 0 aliphatic heterocycles. The number of benzene rings is 3. The number of carbonyl (C=O) groups excluding carboxylic acids is 2. The lowest BCUT2D eigenvalue weighted by Gasteiger charge is -2.17. The van der Waals surface area contributed by atoms with E-state index in [-0.39, 0.29) is 5.91 Å². The molecule has 3 aromatic rings. The van der Waals surface area contributed by atoms with Gasteiger partial charge in [-0.3, -0.25) is 9.59 Å². The molecule has 0 aromatic heterocycles. The van der Waals surface area contributed by atoms with Gasteiger partial charge in [-0.05, 0) is 70.6 Å². The summed E-state index contributed by atoms with van der Waals surface area (Å²) in [4.78, 5) is 36.4. The van der Waals surface area contributed by atoms with Gasteiger partial charge in [0.05, 0.1) is 0 Å². The Bertz CT molecular complexity index is 1130. The van der Waals surface area contributed by atoms with E-state index in [1.54, 1.807) is 18.2 Å². The van der Waals surface area contributed by atoms with Crippen LogP contribution in [0.5, 0.6) is 0 Å². The van der Waals surface area contributed by atoms with E-state index in [0.717, 1.165) is 26.2 Å². The van der Waals surface area contributed by atoms with Crippen molar-refractivity contribution < 1.29 is 19.5 Å². The zero-order valence-electron chi connectivity index (χ0n) is 16.7. The summed E-state index contributed by atoms with van der Waals surface area (Å²) in [6.45, 7) is 0. The Morgan fingerprint density at radius 1 is 0.844 bits per heavy atom. The largest absolute Gasteiger partial charge is 0.478 e. The molecule has 0 bridgehead atoms. The number of thioether (sulfide) groups is 1. The van der Waals surface area contributed by atoms with Crippen LogP contribution in [0.25, 0.3) is 0 Å². The SMILES string of the molecule is O=C(O)/C=C/C(=O)Nc1cccc(SC(C(=O)Nc2ccc(I)cc2)c2ccccc2)c1. The van der Waals surface area contributed by atoms with E-state index in [1.807, 2.05) is 60.7 Å². The summed E-state index contributed by atoms with van der Waals surface area (Å²) >= 11 is 3.56. The van der Waals surface area contributed by atoms with E-state index in [0.29, 0.717) is 11.4 Å². The number of aliphatic carboxylic acids is 1. The Balaban J connectivity index is 1.79. The Morgan fingerprint density at radius 3 is 2.25 bits per heavy atom. The van der Waals surface area contributed by atoms with E-state index in [2.05, 4.69) is 33.2 Å². The Kier molecular flexibility index (Phi) is 8.46. The van der Waals surface area contributed by atoms with Gasteiger partial charge in [0.15, 0.2) is 0 Å². The maximum Gasteiger partial charge on any atom is 0.328 e. The molecule has 0 saturated heterocycles. The molecule has 1 unspecified atom stereocenters. The third-order valence-corrected chi connectivity index (χ3v) is 6.15. The first kappa shape index (κ1) is 23.6. The van der Waals surface area contributed by atoms with E-state index < -0.39 is 17.1 Å². The van der Waals surface area contributed by atoms with Gasteiger partial charge in [0.2, 0.25) is 11.8 Å². The molecule has 0 aliphatic rings. The molecule has 0 saturated carbocycles. The lowest BCUT2D eigenvalue weighted by Crippen LogP contribution is -2.19. The predicted molar refractivity (Wildman–Crippen MR) is 135 cm³/mol. The third-order valence-electron chi connectivity index (χ3n) is 4.19. The first-order chi connectivity index (χ1) is 15.4. The molecule has 0 aliphatic carbocycles. The Labute approximate surface area is 203 Å². The molecular formula is C24H19IN2O4S. The quantitative estimate of drug-likeness (QED) is 0.197. The second-order valence-corrected chi connectivity index (χ2v) is 9.02. The summed E-state index contributed by atoms with van der Waals surface area (Å²) < 4.78 is 1.08. The minimum absolute atomic E-state index is 0.166. The maximum absolute atomic E-state index is 13.1. The Hall–Kier alpha value is -3.11. The van der Waals surface area contributed by atoms with Crippen LogP contribution in [0.3, 0.4) is 0 Å². The van der Waals surface area contributed by atoms with Crippen LogP contribution >= 0.6 is 34.4 Å². The van der Waals surface area contributed by atoms with Crippen LogP contribution in [-0.4, -0.2) is 22.9 Å². The molecule has 0 fully saturated rings. The highest BCUT2D eigenvalue weighted by atomic mass is 127. The maximum atomic E-state index is 13.1. The number of carboxylic acids is 1. The molecule has 0 heterocycles. The summed E-state index contributed by atoms with van der Waals surface area (Å²) in [6.07, 6.45) is 1.72. The topological polar surface area (TPSA) is 95.5 Å². The van der Waals surface area contributed by atoms with E-state index >= 15 is 0 Å². The minimum atomic E-state index is -1.20. The fourth-order valence-electron chi connectivity index (χ4n) is 2.76. The number of halogens is 1. The van der Waals surface area contributed by atoms with Gasteiger partial charge in [0.1, 0.15) is 5.25 Å². The predicted octanol–water partition coefficient (Wildman–Crippen LogP) is 5.34. The first-order valence-electron chi connectivity index (χ1n) is 9.51. The second-order valence-electron chi connectivity index (χ2n) is 6.59.